The number of anilines is 2. The molecule has 3 N–H and O–H groups in total. The zero-order chi connectivity index (χ0) is 19.3. The van der Waals surface area contributed by atoms with E-state index in [-0.39, 0.29) is 5.97 Å². The summed E-state index contributed by atoms with van der Waals surface area (Å²) in [6.07, 6.45) is 5.35. The normalized spacial score (nSPS) is 22.0. The quantitative estimate of drug-likeness (QED) is 0.706. The van der Waals surface area contributed by atoms with E-state index in [1.807, 2.05) is 13.0 Å². The topological polar surface area (TPSA) is 77.2 Å². The van der Waals surface area contributed by atoms with Crippen LogP contribution in [0.5, 0.6) is 0 Å². The maximum Gasteiger partial charge on any atom is 0.306 e. The monoisotopic (exact) mass is 361 g/mol. The Hall–Kier alpha value is -1.78. The van der Waals surface area contributed by atoms with Gasteiger partial charge in [-0.15, -0.1) is 0 Å². The van der Waals surface area contributed by atoms with Crippen LogP contribution >= 0.6 is 0 Å². The Labute approximate surface area is 158 Å². The van der Waals surface area contributed by atoms with Crippen LogP contribution in [0.15, 0.2) is 6.07 Å². The molecule has 1 fully saturated rings. The van der Waals surface area contributed by atoms with Gasteiger partial charge in [-0.05, 0) is 62.0 Å². The van der Waals surface area contributed by atoms with Gasteiger partial charge in [0.15, 0.2) is 0 Å². The van der Waals surface area contributed by atoms with Gasteiger partial charge in [-0.3, -0.25) is 4.79 Å². The summed E-state index contributed by atoms with van der Waals surface area (Å²) in [5.41, 5.74) is 9.35. The first-order chi connectivity index (χ1) is 12.2. The highest BCUT2D eigenvalue weighted by Gasteiger charge is 2.32. The minimum Gasteiger partial charge on any atom is -0.466 e. The zero-order valence-electron chi connectivity index (χ0n) is 17.0. The third-order valence-electron chi connectivity index (χ3n) is 5.19. The molecule has 0 saturated heterocycles. The smallest absolute Gasteiger partial charge is 0.306 e. The van der Waals surface area contributed by atoms with Crippen LogP contribution in [0.2, 0.25) is 0 Å². The average Bonchev–Trinajstić information content (AvgIpc) is 2.53. The zero-order valence-corrected chi connectivity index (χ0v) is 17.0. The molecule has 5 heteroatoms. The molecule has 0 amide bonds. The number of nitrogens with one attached hydrogen (secondary N) is 1. The summed E-state index contributed by atoms with van der Waals surface area (Å²) in [7, 11) is 0. The van der Waals surface area contributed by atoms with Gasteiger partial charge in [-0.1, -0.05) is 27.7 Å². The fourth-order valence-corrected chi connectivity index (χ4v) is 4.37. The van der Waals surface area contributed by atoms with Crippen LogP contribution in [0.1, 0.15) is 71.6 Å². The maximum atomic E-state index is 11.6. The molecule has 0 aromatic carbocycles. The Morgan fingerprint density at radius 2 is 2.12 bits per heavy atom. The Morgan fingerprint density at radius 3 is 2.73 bits per heavy atom. The van der Waals surface area contributed by atoms with Crippen molar-refractivity contribution in [3.05, 3.63) is 17.3 Å². The van der Waals surface area contributed by atoms with Gasteiger partial charge < -0.3 is 15.8 Å². The molecule has 0 bridgehead atoms. The van der Waals surface area contributed by atoms with Crippen LogP contribution < -0.4 is 11.1 Å². The summed E-state index contributed by atoms with van der Waals surface area (Å²) in [4.78, 5) is 16.4. The van der Waals surface area contributed by atoms with Crippen LogP contribution in [0, 0.1) is 11.3 Å². The third kappa shape index (κ3) is 5.61. The molecule has 1 aromatic heterocycles. The predicted octanol–water partition coefficient (Wildman–Crippen LogP) is 4.35. The Kier molecular flexibility index (Phi) is 6.90. The molecule has 146 valence electrons. The van der Waals surface area contributed by atoms with Gasteiger partial charge >= 0.3 is 5.97 Å². The van der Waals surface area contributed by atoms with Crippen molar-refractivity contribution in [3.8, 4) is 0 Å². The van der Waals surface area contributed by atoms with E-state index in [1.54, 1.807) is 0 Å². The summed E-state index contributed by atoms with van der Waals surface area (Å²) < 4.78 is 5.02. The molecule has 2 rings (SSSR count). The average molecular weight is 362 g/mol. The lowest BCUT2D eigenvalue weighted by atomic mass is 9.70. The number of aryl methyl sites for hydroxylation is 2. The number of rotatable bonds is 7. The highest BCUT2D eigenvalue weighted by molar-refractivity contribution is 5.70. The van der Waals surface area contributed by atoms with Crippen LogP contribution in [-0.2, 0) is 22.4 Å². The maximum absolute atomic E-state index is 11.6. The first-order valence-corrected chi connectivity index (χ1v) is 9.94. The minimum absolute atomic E-state index is 0.172. The number of nitrogens with zero attached hydrogens (tertiary/aromatic N) is 1. The number of carbonyl (C=O) groups excluding carboxylic acids is 1. The van der Waals surface area contributed by atoms with Crippen molar-refractivity contribution in [2.45, 2.75) is 79.2 Å². The number of carbonyl (C=O) groups is 1. The van der Waals surface area contributed by atoms with Crippen molar-refractivity contribution in [3.63, 3.8) is 0 Å². The second-order valence-corrected chi connectivity index (χ2v) is 8.45. The van der Waals surface area contributed by atoms with E-state index in [4.69, 9.17) is 15.5 Å². The third-order valence-corrected chi connectivity index (χ3v) is 5.19. The molecule has 0 aliphatic heterocycles. The first-order valence-electron chi connectivity index (χ1n) is 9.94. The molecule has 0 radical (unpaired) electrons. The molecule has 1 aliphatic carbocycles. The van der Waals surface area contributed by atoms with Crippen LogP contribution in [0.25, 0.3) is 0 Å². The van der Waals surface area contributed by atoms with Crippen LogP contribution in [0.4, 0.5) is 11.5 Å². The molecule has 1 aromatic rings. The molecule has 1 saturated carbocycles. The van der Waals surface area contributed by atoms with Crippen LogP contribution in [-0.4, -0.2) is 23.6 Å². The van der Waals surface area contributed by atoms with Crippen molar-refractivity contribution in [1.29, 1.82) is 0 Å². The molecule has 5 nitrogen and oxygen atoms in total. The number of aromatic nitrogens is 1. The fourth-order valence-electron chi connectivity index (χ4n) is 4.37. The lowest BCUT2D eigenvalue weighted by Crippen LogP contribution is -2.36. The largest absolute Gasteiger partial charge is 0.466 e. The van der Waals surface area contributed by atoms with Gasteiger partial charge in [0.25, 0.3) is 0 Å². The molecule has 1 unspecified atom stereocenters. The van der Waals surface area contributed by atoms with Crippen molar-refractivity contribution in [1.82, 2.24) is 4.98 Å². The van der Waals surface area contributed by atoms with Gasteiger partial charge in [0.05, 0.1) is 12.3 Å². The van der Waals surface area contributed by atoms with E-state index in [9.17, 15) is 4.79 Å². The van der Waals surface area contributed by atoms with Gasteiger partial charge in [-0.25, -0.2) is 4.98 Å². The standard InChI is InChI=1S/C21H35N3O2/c1-6-18-15(8-9-19(25)26-7-2)11-17(22)20(24-18)23-16-10-14(3)12-21(4,5)13-16/h11,14,16H,6-10,12-13,22H2,1-5H3,(H,23,24)/t14-,16?/m0/s1. The van der Waals surface area contributed by atoms with E-state index in [2.05, 4.69) is 33.0 Å². The highest BCUT2D eigenvalue weighted by atomic mass is 16.5. The van der Waals surface area contributed by atoms with E-state index < -0.39 is 0 Å². The number of hydrogen-bond donors (Lipinski definition) is 2. The van der Waals surface area contributed by atoms with Crippen molar-refractivity contribution >= 4 is 17.5 Å². The molecule has 26 heavy (non-hydrogen) atoms. The Bertz CT molecular complexity index is 628. The van der Waals surface area contributed by atoms with Gasteiger partial charge in [-0.2, -0.15) is 0 Å². The van der Waals surface area contributed by atoms with E-state index in [0.717, 1.165) is 36.3 Å². The molecule has 0 spiro atoms. The molecule has 1 aliphatic rings. The molecule has 1 heterocycles. The van der Waals surface area contributed by atoms with Gasteiger partial charge in [0.1, 0.15) is 5.82 Å². The Morgan fingerprint density at radius 1 is 1.38 bits per heavy atom. The summed E-state index contributed by atoms with van der Waals surface area (Å²) >= 11 is 0. The molecular weight excluding hydrogens is 326 g/mol. The van der Waals surface area contributed by atoms with Crippen molar-refractivity contribution in [2.24, 2.45) is 11.3 Å². The number of nitrogen functional groups attached to an aromatic ring is 1. The minimum atomic E-state index is -0.172. The fraction of sp³-hybridized carbons (Fsp3) is 0.714. The lowest BCUT2D eigenvalue weighted by Gasteiger charge is -2.39. The number of nitrogens with two attached hydrogens (primary N) is 1. The summed E-state index contributed by atoms with van der Waals surface area (Å²) in [5, 5.41) is 3.59. The van der Waals surface area contributed by atoms with Crippen molar-refractivity contribution in [2.75, 3.05) is 17.7 Å². The number of ether oxygens (including phenoxy) is 1. The van der Waals surface area contributed by atoms with E-state index in [0.29, 0.717) is 42.5 Å². The number of pyridine rings is 1. The first kappa shape index (κ1) is 20.5. The van der Waals surface area contributed by atoms with Gasteiger partial charge in [0, 0.05) is 18.2 Å². The van der Waals surface area contributed by atoms with E-state index in [1.165, 1.54) is 6.42 Å². The lowest BCUT2D eigenvalue weighted by molar-refractivity contribution is -0.143. The molecule has 2 atom stereocenters. The summed E-state index contributed by atoms with van der Waals surface area (Å²) in [6.45, 7) is 11.3. The van der Waals surface area contributed by atoms with E-state index >= 15 is 0 Å². The van der Waals surface area contributed by atoms with Crippen molar-refractivity contribution < 1.29 is 9.53 Å². The summed E-state index contributed by atoms with van der Waals surface area (Å²) in [5.74, 6) is 1.32. The number of hydrogen-bond acceptors (Lipinski definition) is 5. The SMILES string of the molecule is CCOC(=O)CCc1cc(N)c(NC2C[C@H](C)CC(C)(C)C2)nc1CC. The number of esters is 1. The highest BCUT2D eigenvalue weighted by Crippen LogP contribution is 2.39. The van der Waals surface area contributed by atoms with Gasteiger partial charge in [0.2, 0.25) is 0 Å². The molecular formula is C21H35N3O2. The summed E-state index contributed by atoms with van der Waals surface area (Å²) in [6, 6.07) is 2.38. The Balaban J connectivity index is 2.11. The second-order valence-electron chi connectivity index (χ2n) is 8.45. The predicted molar refractivity (Wildman–Crippen MR) is 107 cm³/mol. The van der Waals surface area contributed by atoms with Crippen LogP contribution in [0.3, 0.4) is 0 Å². The second kappa shape index (κ2) is 8.74.